The number of carbonyl (C=O) groups is 2. The Labute approximate surface area is 156 Å². The summed E-state index contributed by atoms with van der Waals surface area (Å²) in [4.78, 5) is 24.2. The molecule has 8 heteroatoms. The van der Waals surface area contributed by atoms with E-state index in [4.69, 9.17) is 10.5 Å². The van der Waals surface area contributed by atoms with E-state index in [2.05, 4.69) is 26.6 Å². The van der Waals surface area contributed by atoms with Gasteiger partial charge in [-0.15, -0.1) is 12.4 Å². The Balaban J connectivity index is 0.00000288. The summed E-state index contributed by atoms with van der Waals surface area (Å²) in [6, 6.07) is 7.33. The highest BCUT2D eigenvalue weighted by Gasteiger charge is 2.38. The van der Waals surface area contributed by atoms with Crippen LogP contribution in [0.4, 0.5) is 5.69 Å². The fraction of sp³-hybridized carbons (Fsp3) is 0.500. The maximum absolute atomic E-state index is 12.3. The van der Waals surface area contributed by atoms with E-state index < -0.39 is 5.41 Å². The molecule has 1 aliphatic rings. The molecule has 4 N–H and O–H groups in total. The number of rotatable bonds is 6. The van der Waals surface area contributed by atoms with Crippen LogP contribution in [0.5, 0.6) is 0 Å². The van der Waals surface area contributed by atoms with Gasteiger partial charge in [-0.3, -0.25) is 9.59 Å². The summed E-state index contributed by atoms with van der Waals surface area (Å²) in [7, 11) is 0. The van der Waals surface area contributed by atoms with Crippen LogP contribution in [0, 0.1) is 5.41 Å². The predicted octanol–water partition coefficient (Wildman–Crippen LogP) is 2.07. The lowest BCUT2D eigenvalue weighted by molar-refractivity contribution is -0.135. The van der Waals surface area contributed by atoms with Crippen molar-refractivity contribution in [3.05, 3.63) is 28.7 Å². The highest BCUT2D eigenvalue weighted by atomic mass is 79.9. The minimum absolute atomic E-state index is 0. The molecule has 24 heavy (non-hydrogen) atoms. The molecule has 0 atom stereocenters. The van der Waals surface area contributed by atoms with Crippen molar-refractivity contribution in [2.45, 2.75) is 19.3 Å². The molecule has 0 spiro atoms. The molecule has 0 bridgehead atoms. The number of nitrogens with two attached hydrogens (primary N) is 1. The van der Waals surface area contributed by atoms with Crippen LogP contribution in [0.2, 0.25) is 0 Å². The van der Waals surface area contributed by atoms with Crippen LogP contribution in [0.1, 0.15) is 19.3 Å². The molecule has 1 aromatic carbocycles. The molecular weight excluding hydrogens is 398 g/mol. The normalized spacial score (nSPS) is 15.9. The summed E-state index contributed by atoms with van der Waals surface area (Å²) in [6.07, 6.45) is 1.47. The van der Waals surface area contributed by atoms with E-state index in [1.54, 1.807) is 0 Å². The fourth-order valence-electron chi connectivity index (χ4n) is 2.52. The van der Waals surface area contributed by atoms with Gasteiger partial charge in [-0.25, -0.2) is 0 Å². The van der Waals surface area contributed by atoms with E-state index >= 15 is 0 Å². The van der Waals surface area contributed by atoms with Crippen LogP contribution < -0.4 is 16.4 Å². The molecule has 2 amide bonds. The molecule has 134 valence electrons. The van der Waals surface area contributed by atoms with Crippen molar-refractivity contribution >= 4 is 45.8 Å². The molecule has 1 heterocycles. The average molecular weight is 421 g/mol. The molecule has 2 rings (SSSR count). The van der Waals surface area contributed by atoms with Gasteiger partial charge in [0, 0.05) is 42.9 Å². The molecule has 0 aromatic heterocycles. The number of ether oxygens (including phenoxy) is 1. The Kier molecular flexibility index (Phi) is 8.69. The van der Waals surface area contributed by atoms with E-state index in [1.807, 2.05) is 24.3 Å². The summed E-state index contributed by atoms with van der Waals surface area (Å²) >= 11 is 3.34. The van der Waals surface area contributed by atoms with Crippen LogP contribution in [-0.2, 0) is 14.3 Å². The Morgan fingerprint density at radius 3 is 2.42 bits per heavy atom. The first kappa shape index (κ1) is 20.9. The maximum atomic E-state index is 12.3. The Morgan fingerprint density at radius 2 is 1.83 bits per heavy atom. The largest absolute Gasteiger partial charge is 0.381 e. The van der Waals surface area contributed by atoms with Gasteiger partial charge in [0.1, 0.15) is 0 Å². The van der Waals surface area contributed by atoms with Gasteiger partial charge in [0.2, 0.25) is 11.8 Å². The molecule has 1 saturated heterocycles. The molecule has 0 aliphatic carbocycles. The van der Waals surface area contributed by atoms with Crippen molar-refractivity contribution < 1.29 is 14.3 Å². The SMILES string of the molecule is Cl.NCC1(C(=O)NCCC(=O)Nc2ccc(Br)cc2)CCOCC1. The Hall–Kier alpha value is -1.15. The standard InChI is InChI=1S/C16H22BrN3O3.ClH/c17-12-1-3-13(4-2-12)20-14(21)5-8-19-15(22)16(11-18)6-9-23-10-7-16;/h1-4H,5-11,18H2,(H,19,22)(H,20,21);1H. The Bertz CT molecular complexity index is 548. The second-order valence-electron chi connectivity index (χ2n) is 5.66. The number of benzene rings is 1. The number of hydrogen-bond donors (Lipinski definition) is 3. The van der Waals surface area contributed by atoms with Crippen molar-refractivity contribution in [2.24, 2.45) is 11.1 Å². The molecule has 1 aromatic rings. The Morgan fingerprint density at radius 1 is 1.21 bits per heavy atom. The maximum Gasteiger partial charge on any atom is 0.227 e. The van der Waals surface area contributed by atoms with Gasteiger partial charge in [-0.05, 0) is 37.1 Å². The zero-order chi connectivity index (χ0) is 16.7. The van der Waals surface area contributed by atoms with E-state index in [-0.39, 0.29) is 30.6 Å². The molecule has 1 aliphatic heterocycles. The van der Waals surface area contributed by atoms with E-state index in [9.17, 15) is 9.59 Å². The third-order valence-corrected chi connectivity index (χ3v) is 4.62. The van der Waals surface area contributed by atoms with Crippen LogP contribution >= 0.6 is 28.3 Å². The number of anilines is 1. The number of hydrogen-bond acceptors (Lipinski definition) is 4. The lowest BCUT2D eigenvalue weighted by Gasteiger charge is -2.34. The van der Waals surface area contributed by atoms with Crippen molar-refractivity contribution in [3.8, 4) is 0 Å². The summed E-state index contributed by atoms with van der Waals surface area (Å²) in [5.74, 6) is -0.221. The second kappa shape index (κ2) is 9.98. The number of nitrogens with one attached hydrogen (secondary N) is 2. The van der Waals surface area contributed by atoms with Crippen molar-refractivity contribution in [3.63, 3.8) is 0 Å². The third kappa shape index (κ3) is 5.73. The highest BCUT2D eigenvalue weighted by Crippen LogP contribution is 2.29. The van der Waals surface area contributed by atoms with Gasteiger partial charge >= 0.3 is 0 Å². The molecule has 1 fully saturated rings. The minimum Gasteiger partial charge on any atom is -0.381 e. The quantitative estimate of drug-likeness (QED) is 0.657. The molecule has 6 nitrogen and oxygen atoms in total. The van der Waals surface area contributed by atoms with Crippen LogP contribution in [-0.4, -0.2) is 38.1 Å². The lowest BCUT2D eigenvalue weighted by Crippen LogP contribution is -2.49. The third-order valence-electron chi connectivity index (χ3n) is 4.09. The fourth-order valence-corrected chi connectivity index (χ4v) is 2.78. The summed E-state index contributed by atoms with van der Waals surface area (Å²) in [5.41, 5.74) is 5.96. The van der Waals surface area contributed by atoms with Gasteiger partial charge in [0.05, 0.1) is 5.41 Å². The lowest BCUT2D eigenvalue weighted by atomic mass is 9.79. The van der Waals surface area contributed by atoms with Gasteiger partial charge in [0.15, 0.2) is 0 Å². The first-order chi connectivity index (χ1) is 11.1. The van der Waals surface area contributed by atoms with Crippen LogP contribution in [0.25, 0.3) is 0 Å². The monoisotopic (exact) mass is 419 g/mol. The smallest absolute Gasteiger partial charge is 0.227 e. The first-order valence-corrected chi connectivity index (χ1v) is 8.46. The number of carbonyl (C=O) groups excluding carboxylic acids is 2. The average Bonchev–Trinajstić information content (AvgIpc) is 2.57. The van der Waals surface area contributed by atoms with Gasteiger partial charge in [-0.2, -0.15) is 0 Å². The summed E-state index contributed by atoms with van der Waals surface area (Å²) < 4.78 is 6.24. The molecule has 0 radical (unpaired) electrons. The first-order valence-electron chi connectivity index (χ1n) is 7.67. The van der Waals surface area contributed by atoms with Gasteiger partial charge in [-0.1, -0.05) is 15.9 Å². The molecular formula is C16H23BrClN3O3. The van der Waals surface area contributed by atoms with Crippen LogP contribution in [0.3, 0.4) is 0 Å². The number of halogens is 2. The van der Waals surface area contributed by atoms with Crippen molar-refractivity contribution in [2.75, 3.05) is 31.6 Å². The summed E-state index contributed by atoms with van der Waals surface area (Å²) in [5, 5.41) is 5.62. The van der Waals surface area contributed by atoms with Gasteiger partial charge < -0.3 is 21.1 Å². The van der Waals surface area contributed by atoms with E-state index in [0.717, 1.165) is 10.2 Å². The zero-order valence-electron chi connectivity index (χ0n) is 13.3. The predicted molar refractivity (Wildman–Crippen MR) is 99.2 cm³/mol. The topological polar surface area (TPSA) is 93.5 Å². The second-order valence-corrected chi connectivity index (χ2v) is 6.57. The van der Waals surface area contributed by atoms with Crippen LogP contribution in [0.15, 0.2) is 28.7 Å². The van der Waals surface area contributed by atoms with Crippen molar-refractivity contribution in [1.82, 2.24) is 5.32 Å². The minimum atomic E-state index is -0.555. The summed E-state index contributed by atoms with van der Waals surface area (Å²) in [6.45, 7) is 1.69. The van der Waals surface area contributed by atoms with Crippen molar-refractivity contribution in [1.29, 1.82) is 0 Å². The van der Waals surface area contributed by atoms with Gasteiger partial charge in [0.25, 0.3) is 0 Å². The highest BCUT2D eigenvalue weighted by molar-refractivity contribution is 9.10. The zero-order valence-corrected chi connectivity index (χ0v) is 15.7. The number of amides is 2. The van der Waals surface area contributed by atoms with E-state index in [0.29, 0.717) is 39.1 Å². The molecule has 0 saturated carbocycles. The van der Waals surface area contributed by atoms with E-state index in [1.165, 1.54) is 0 Å². The molecule has 0 unspecified atom stereocenters.